The molecule has 0 unspecified atom stereocenters. The highest BCUT2D eigenvalue weighted by Gasteiger charge is 1.95. The van der Waals surface area contributed by atoms with Gasteiger partial charge in [0, 0.05) is 6.08 Å². The van der Waals surface area contributed by atoms with E-state index in [9.17, 15) is 4.79 Å². The zero-order chi connectivity index (χ0) is 14.2. The number of hydrogen-bond donors (Lipinski definition) is 0. The Morgan fingerprint density at radius 2 is 1.55 bits per heavy atom. The van der Waals surface area contributed by atoms with Crippen molar-refractivity contribution in [1.29, 1.82) is 0 Å². The van der Waals surface area contributed by atoms with Crippen molar-refractivity contribution in [2.24, 2.45) is 0 Å². The molecule has 0 fully saturated rings. The highest BCUT2D eigenvalue weighted by molar-refractivity contribution is 5.82. The molecule has 0 aliphatic carbocycles. The summed E-state index contributed by atoms with van der Waals surface area (Å²) in [7, 11) is 1.36. The minimum absolute atomic E-state index is 0.353. The Bertz CT molecular complexity index is 608. The van der Waals surface area contributed by atoms with Gasteiger partial charge in [-0.05, 0) is 16.7 Å². The van der Waals surface area contributed by atoms with Gasteiger partial charge in [-0.2, -0.15) is 0 Å². The van der Waals surface area contributed by atoms with Gasteiger partial charge in [0.15, 0.2) is 0 Å². The molecule has 0 aliphatic heterocycles. The Morgan fingerprint density at radius 1 is 0.900 bits per heavy atom. The van der Waals surface area contributed by atoms with Crippen LogP contribution in [0.25, 0.3) is 17.2 Å². The third kappa shape index (κ3) is 3.95. The molecule has 0 N–H and O–H groups in total. The summed E-state index contributed by atoms with van der Waals surface area (Å²) in [5.74, 6) is -0.353. The van der Waals surface area contributed by atoms with Crippen molar-refractivity contribution < 1.29 is 9.53 Å². The fourth-order valence-corrected chi connectivity index (χ4v) is 1.79. The molecule has 2 aromatic rings. The van der Waals surface area contributed by atoms with Crippen LogP contribution in [0.5, 0.6) is 0 Å². The van der Waals surface area contributed by atoms with E-state index >= 15 is 0 Å². The van der Waals surface area contributed by atoms with Crippen molar-refractivity contribution in [3.8, 4) is 11.1 Å². The molecule has 20 heavy (non-hydrogen) atoms. The summed E-state index contributed by atoms with van der Waals surface area (Å²) < 4.78 is 4.51. The molecule has 0 saturated carbocycles. The van der Waals surface area contributed by atoms with Gasteiger partial charge in [-0.15, -0.1) is 0 Å². The third-order valence-corrected chi connectivity index (χ3v) is 2.85. The molecule has 0 atom stereocenters. The molecule has 0 radical (unpaired) electrons. The first kappa shape index (κ1) is 13.8. The van der Waals surface area contributed by atoms with Crippen LogP contribution in [0.2, 0.25) is 0 Å². The fourth-order valence-electron chi connectivity index (χ4n) is 1.79. The van der Waals surface area contributed by atoms with Crippen LogP contribution in [0, 0.1) is 0 Å². The Kier molecular flexibility index (Phi) is 4.90. The number of benzene rings is 2. The van der Waals surface area contributed by atoms with E-state index in [2.05, 4.69) is 29.0 Å². The molecule has 100 valence electrons. The molecular weight excluding hydrogens is 248 g/mol. The normalized spacial score (nSPS) is 11.1. The molecule has 2 rings (SSSR count). The first-order valence-corrected chi connectivity index (χ1v) is 6.38. The number of methoxy groups -OCH3 is 1. The summed E-state index contributed by atoms with van der Waals surface area (Å²) >= 11 is 0. The quantitative estimate of drug-likeness (QED) is 0.472. The minimum atomic E-state index is -0.353. The molecule has 0 saturated heterocycles. The number of rotatable bonds is 4. The first-order chi connectivity index (χ1) is 9.79. The number of allylic oxidation sites excluding steroid dienone is 2. The zero-order valence-electron chi connectivity index (χ0n) is 11.3. The lowest BCUT2D eigenvalue weighted by molar-refractivity contribution is -0.134. The molecule has 0 amide bonds. The molecule has 0 aliphatic rings. The average Bonchev–Trinajstić information content (AvgIpc) is 2.52. The lowest BCUT2D eigenvalue weighted by atomic mass is 10.0. The number of esters is 1. The maximum absolute atomic E-state index is 10.9. The Labute approximate surface area is 119 Å². The summed E-state index contributed by atoms with van der Waals surface area (Å²) in [6, 6.07) is 18.5. The van der Waals surface area contributed by atoms with E-state index in [1.807, 2.05) is 42.5 Å². The van der Waals surface area contributed by atoms with E-state index in [1.165, 1.54) is 24.3 Å². The van der Waals surface area contributed by atoms with E-state index in [1.54, 1.807) is 6.08 Å². The Morgan fingerprint density at radius 3 is 2.20 bits per heavy atom. The molecule has 2 aromatic carbocycles. The molecule has 2 heteroatoms. The summed E-state index contributed by atoms with van der Waals surface area (Å²) in [6.45, 7) is 0. The Balaban J connectivity index is 2.04. The van der Waals surface area contributed by atoms with Gasteiger partial charge in [0.1, 0.15) is 0 Å². The lowest BCUT2D eigenvalue weighted by Crippen LogP contribution is -1.92. The van der Waals surface area contributed by atoms with Gasteiger partial charge in [0.2, 0.25) is 0 Å². The predicted molar refractivity (Wildman–Crippen MR) is 82.1 cm³/mol. The third-order valence-electron chi connectivity index (χ3n) is 2.85. The van der Waals surface area contributed by atoms with Crippen molar-refractivity contribution in [1.82, 2.24) is 0 Å². The number of hydrogen-bond acceptors (Lipinski definition) is 2. The van der Waals surface area contributed by atoms with E-state index in [4.69, 9.17) is 0 Å². The molecule has 0 heterocycles. The molecule has 2 nitrogen and oxygen atoms in total. The van der Waals surface area contributed by atoms with Crippen LogP contribution >= 0.6 is 0 Å². The molecular formula is C18H16O2. The number of carbonyl (C=O) groups excluding carboxylic acids is 1. The smallest absolute Gasteiger partial charge is 0.330 e. The van der Waals surface area contributed by atoms with Gasteiger partial charge in [-0.3, -0.25) is 0 Å². The second-order valence-corrected chi connectivity index (χ2v) is 4.23. The van der Waals surface area contributed by atoms with Crippen molar-refractivity contribution in [3.63, 3.8) is 0 Å². The summed E-state index contributed by atoms with van der Waals surface area (Å²) in [4.78, 5) is 10.9. The summed E-state index contributed by atoms with van der Waals surface area (Å²) in [6.07, 6.45) is 6.80. The van der Waals surface area contributed by atoms with Gasteiger partial charge in [0.05, 0.1) is 7.11 Å². The van der Waals surface area contributed by atoms with Gasteiger partial charge in [0.25, 0.3) is 0 Å². The minimum Gasteiger partial charge on any atom is -0.466 e. The SMILES string of the molecule is COC(=O)C=CC=Cc1ccc(-c2ccccc2)cc1. The van der Waals surface area contributed by atoms with Crippen molar-refractivity contribution in [3.05, 3.63) is 78.4 Å². The van der Waals surface area contributed by atoms with Crippen LogP contribution in [-0.4, -0.2) is 13.1 Å². The number of ether oxygens (including phenoxy) is 1. The predicted octanol–water partition coefficient (Wildman–Crippen LogP) is 4.10. The Hall–Kier alpha value is -2.61. The van der Waals surface area contributed by atoms with Crippen LogP contribution < -0.4 is 0 Å². The number of carbonyl (C=O) groups is 1. The van der Waals surface area contributed by atoms with Gasteiger partial charge >= 0.3 is 5.97 Å². The van der Waals surface area contributed by atoms with Crippen LogP contribution in [0.4, 0.5) is 0 Å². The monoisotopic (exact) mass is 264 g/mol. The second kappa shape index (κ2) is 7.10. The van der Waals surface area contributed by atoms with Crippen molar-refractivity contribution in [2.45, 2.75) is 0 Å². The van der Waals surface area contributed by atoms with Crippen molar-refractivity contribution >= 4 is 12.0 Å². The van der Waals surface area contributed by atoms with Gasteiger partial charge in [-0.25, -0.2) is 4.79 Å². The van der Waals surface area contributed by atoms with E-state index in [0.717, 1.165) is 5.56 Å². The maximum atomic E-state index is 10.9. The molecule has 0 spiro atoms. The van der Waals surface area contributed by atoms with Crippen LogP contribution in [0.15, 0.2) is 72.8 Å². The molecule has 0 bridgehead atoms. The largest absolute Gasteiger partial charge is 0.466 e. The fraction of sp³-hybridized carbons (Fsp3) is 0.0556. The summed E-state index contributed by atoms with van der Waals surface area (Å²) in [5, 5.41) is 0. The molecule has 0 aromatic heterocycles. The van der Waals surface area contributed by atoms with Crippen LogP contribution in [-0.2, 0) is 9.53 Å². The second-order valence-electron chi connectivity index (χ2n) is 4.23. The first-order valence-electron chi connectivity index (χ1n) is 6.38. The van der Waals surface area contributed by atoms with Gasteiger partial charge in [-0.1, -0.05) is 72.8 Å². The standard InChI is InChI=1S/C18H16O2/c1-20-18(19)10-6-5-7-15-11-13-17(14-12-15)16-8-3-2-4-9-16/h2-14H,1H3. The average molecular weight is 264 g/mol. The van der Waals surface area contributed by atoms with E-state index < -0.39 is 0 Å². The lowest BCUT2D eigenvalue weighted by Gasteiger charge is -2.01. The van der Waals surface area contributed by atoms with Crippen LogP contribution in [0.3, 0.4) is 0 Å². The van der Waals surface area contributed by atoms with Crippen LogP contribution in [0.1, 0.15) is 5.56 Å². The topological polar surface area (TPSA) is 26.3 Å². The highest BCUT2D eigenvalue weighted by atomic mass is 16.5. The maximum Gasteiger partial charge on any atom is 0.330 e. The highest BCUT2D eigenvalue weighted by Crippen LogP contribution is 2.19. The summed E-state index contributed by atoms with van der Waals surface area (Å²) in [5.41, 5.74) is 3.47. The van der Waals surface area contributed by atoms with E-state index in [0.29, 0.717) is 0 Å². The van der Waals surface area contributed by atoms with Crippen molar-refractivity contribution in [2.75, 3.05) is 7.11 Å². The zero-order valence-corrected chi connectivity index (χ0v) is 11.3. The van der Waals surface area contributed by atoms with Gasteiger partial charge < -0.3 is 4.74 Å². The van der Waals surface area contributed by atoms with E-state index in [-0.39, 0.29) is 5.97 Å².